The van der Waals surface area contributed by atoms with E-state index in [0.717, 1.165) is 5.57 Å². The van der Waals surface area contributed by atoms with Gasteiger partial charge in [0.05, 0.1) is 30.1 Å². The number of halogens is 1. The van der Waals surface area contributed by atoms with Crippen molar-refractivity contribution in [2.45, 2.75) is 44.2 Å². The number of rotatable bonds is 4. The van der Waals surface area contributed by atoms with Crippen molar-refractivity contribution >= 4 is 23.5 Å². The molecule has 2 fully saturated rings. The fourth-order valence-corrected chi connectivity index (χ4v) is 5.04. The van der Waals surface area contributed by atoms with E-state index in [9.17, 15) is 19.8 Å². The van der Waals surface area contributed by atoms with E-state index in [4.69, 9.17) is 26.2 Å². The molecule has 154 valence electrons. The van der Waals surface area contributed by atoms with Gasteiger partial charge in [-0.25, -0.2) is 9.59 Å². The summed E-state index contributed by atoms with van der Waals surface area (Å²) in [6.45, 7) is 6.79. The third kappa shape index (κ3) is 3.30. The maximum Gasteiger partial charge on any atom is 0.334 e. The lowest BCUT2D eigenvalue weighted by molar-refractivity contribution is -0.150. The number of carbonyl (C=O) groups is 2. The molecule has 1 heterocycles. The summed E-state index contributed by atoms with van der Waals surface area (Å²) in [6, 6.07) is 0. The third-order valence-electron chi connectivity index (χ3n) is 6.11. The van der Waals surface area contributed by atoms with Crippen molar-refractivity contribution < 1.29 is 34.4 Å². The van der Waals surface area contributed by atoms with Gasteiger partial charge in [-0.3, -0.25) is 0 Å². The molecular weight excluding hydrogens is 388 g/mol. The Bertz CT molecular complexity index is 758. The monoisotopic (exact) mass is 412 g/mol. The number of fused-ring (bicyclic) bond motifs is 3. The summed E-state index contributed by atoms with van der Waals surface area (Å²) in [4.78, 5) is 24.7. The predicted octanol–water partition coefficient (Wildman–Crippen LogP) is 0.861. The second kappa shape index (κ2) is 7.63. The first-order chi connectivity index (χ1) is 13.1. The quantitative estimate of drug-likeness (QED) is 0.271. The highest BCUT2D eigenvalue weighted by atomic mass is 35.5. The van der Waals surface area contributed by atoms with Crippen LogP contribution in [-0.2, 0) is 19.1 Å². The van der Waals surface area contributed by atoms with E-state index in [-0.39, 0.29) is 30.1 Å². The molecule has 0 spiro atoms. The molecule has 7 atom stereocenters. The molecule has 0 aromatic heterocycles. The zero-order valence-electron chi connectivity index (χ0n) is 15.8. The van der Waals surface area contributed by atoms with Crippen LogP contribution in [0.1, 0.15) is 20.3 Å². The standard InChI is InChI=1S/C20H25ClO7/c1-9(4-5-22)18(24)27-13-7-20(26,8-21)16-12(23)6-10(2)14(16)17-15(13)11(3)19(25)28-17/h4,6,12-17,22-23,26H,3,5,7-8H2,1-2H3/b9-4-/t12-,13+,14-,15+,16+,17-,20-/m0/s1. The maximum atomic E-state index is 12.4. The fourth-order valence-electron chi connectivity index (χ4n) is 4.76. The molecule has 3 N–H and O–H groups in total. The molecule has 7 nitrogen and oxygen atoms in total. The third-order valence-corrected chi connectivity index (χ3v) is 6.58. The average Bonchev–Trinajstić information content (AvgIpc) is 3.05. The van der Waals surface area contributed by atoms with Gasteiger partial charge in [0.2, 0.25) is 0 Å². The Morgan fingerprint density at radius 2 is 2.18 bits per heavy atom. The van der Waals surface area contributed by atoms with Gasteiger partial charge in [0.15, 0.2) is 0 Å². The van der Waals surface area contributed by atoms with Crippen LogP contribution in [-0.4, -0.2) is 63.7 Å². The highest BCUT2D eigenvalue weighted by Crippen LogP contribution is 2.53. The molecule has 0 amide bonds. The maximum absolute atomic E-state index is 12.4. The van der Waals surface area contributed by atoms with Crippen LogP contribution in [0.2, 0.25) is 0 Å². The topological polar surface area (TPSA) is 113 Å². The van der Waals surface area contributed by atoms with Crippen LogP contribution in [0.25, 0.3) is 0 Å². The Labute approximate surface area is 168 Å². The van der Waals surface area contributed by atoms with Crippen molar-refractivity contribution in [1.82, 2.24) is 0 Å². The zero-order chi connectivity index (χ0) is 20.8. The lowest BCUT2D eigenvalue weighted by Gasteiger charge is -2.38. The number of aliphatic hydroxyl groups excluding tert-OH is 2. The van der Waals surface area contributed by atoms with Gasteiger partial charge < -0.3 is 24.8 Å². The van der Waals surface area contributed by atoms with Crippen molar-refractivity contribution in [3.05, 3.63) is 35.5 Å². The summed E-state index contributed by atoms with van der Waals surface area (Å²) in [7, 11) is 0. The highest BCUT2D eigenvalue weighted by molar-refractivity contribution is 6.18. The molecular formula is C20H25ClO7. The van der Waals surface area contributed by atoms with Crippen LogP contribution in [0.15, 0.2) is 35.5 Å². The molecule has 2 aliphatic carbocycles. The summed E-state index contributed by atoms with van der Waals surface area (Å²) < 4.78 is 11.2. The van der Waals surface area contributed by atoms with Gasteiger partial charge in [-0.15, -0.1) is 11.6 Å². The number of esters is 2. The summed E-state index contributed by atoms with van der Waals surface area (Å²) in [5, 5.41) is 30.9. The Morgan fingerprint density at radius 1 is 1.50 bits per heavy atom. The molecule has 0 aromatic rings. The van der Waals surface area contributed by atoms with Gasteiger partial charge >= 0.3 is 11.9 Å². The lowest BCUT2D eigenvalue weighted by Crippen LogP contribution is -2.49. The summed E-state index contributed by atoms with van der Waals surface area (Å²) in [5.74, 6) is -3.29. The minimum absolute atomic E-state index is 0.0786. The number of aliphatic hydroxyl groups is 3. The molecule has 3 aliphatic rings. The van der Waals surface area contributed by atoms with Crippen molar-refractivity contribution in [2.75, 3.05) is 12.5 Å². The molecule has 8 heteroatoms. The van der Waals surface area contributed by atoms with Crippen molar-refractivity contribution in [3.63, 3.8) is 0 Å². The number of alkyl halides is 1. The summed E-state index contributed by atoms with van der Waals surface area (Å²) >= 11 is 6.11. The lowest BCUT2D eigenvalue weighted by atomic mass is 9.75. The first kappa shape index (κ1) is 21.0. The zero-order valence-corrected chi connectivity index (χ0v) is 16.6. The highest BCUT2D eigenvalue weighted by Gasteiger charge is 2.62. The molecule has 1 aliphatic heterocycles. The molecule has 1 saturated heterocycles. The van der Waals surface area contributed by atoms with Crippen LogP contribution < -0.4 is 0 Å². The Morgan fingerprint density at radius 3 is 2.79 bits per heavy atom. The summed E-state index contributed by atoms with van der Waals surface area (Å²) in [6.07, 6.45) is 0.251. The first-order valence-electron chi connectivity index (χ1n) is 9.17. The Balaban J connectivity index is 2.04. The van der Waals surface area contributed by atoms with Gasteiger partial charge in [0, 0.05) is 29.4 Å². The first-order valence-corrected chi connectivity index (χ1v) is 9.71. The molecule has 0 bridgehead atoms. The smallest absolute Gasteiger partial charge is 0.334 e. The minimum atomic E-state index is -1.55. The summed E-state index contributed by atoms with van der Waals surface area (Å²) in [5.41, 5.74) is -0.402. The van der Waals surface area contributed by atoms with Crippen LogP contribution in [0.4, 0.5) is 0 Å². The molecule has 1 saturated carbocycles. The van der Waals surface area contributed by atoms with Gasteiger partial charge in [-0.05, 0) is 19.9 Å². The molecule has 28 heavy (non-hydrogen) atoms. The number of carbonyl (C=O) groups excluding carboxylic acids is 2. The van der Waals surface area contributed by atoms with E-state index < -0.39 is 53.6 Å². The number of ether oxygens (including phenoxy) is 2. The number of hydrogen-bond donors (Lipinski definition) is 3. The van der Waals surface area contributed by atoms with Gasteiger partial charge in [-0.1, -0.05) is 18.2 Å². The van der Waals surface area contributed by atoms with E-state index in [0.29, 0.717) is 0 Å². The second-order valence-electron chi connectivity index (χ2n) is 7.83. The second-order valence-corrected chi connectivity index (χ2v) is 8.10. The van der Waals surface area contributed by atoms with Gasteiger partial charge in [0.1, 0.15) is 12.2 Å². The largest absolute Gasteiger partial charge is 0.458 e. The van der Waals surface area contributed by atoms with Crippen LogP contribution in [0.3, 0.4) is 0 Å². The van der Waals surface area contributed by atoms with Gasteiger partial charge in [-0.2, -0.15) is 0 Å². The predicted molar refractivity (Wildman–Crippen MR) is 100 cm³/mol. The molecule has 0 radical (unpaired) electrons. The van der Waals surface area contributed by atoms with E-state index in [1.165, 1.54) is 13.0 Å². The van der Waals surface area contributed by atoms with Crippen molar-refractivity contribution in [3.8, 4) is 0 Å². The number of hydrogen-bond acceptors (Lipinski definition) is 7. The van der Waals surface area contributed by atoms with E-state index in [1.54, 1.807) is 13.0 Å². The molecule has 0 aromatic carbocycles. The Hall–Kier alpha value is -1.67. The molecule has 3 rings (SSSR count). The normalized spacial score (nSPS) is 40.4. The van der Waals surface area contributed by atoms with E-state index in [1.807, 2.05) is 0 Å². The SMILES string of the molecule is C=C1C(=O)O[C@H]2[C@H]3C(C)=C[C@H](O)[C@H]3[C@@](O)(CCl)C[C@@H](OC(=O)/C(C)=C\CO)[C@@H]12. The van der Waals surface area contributed by atoms with Crippen LogP contribution in [0, 0.1) is 17.8 Å². The molecule has 0 unspecified atom stereocenters. The minimum Gasteiger partial charge on any atom is -0.458 e. The fraction of sp³-hybridized carbons (Fsp3) is 0.600. The van der Waals surface area contributed by atoms with Crippen LogP contribution in [0.5, 0.6) is 0 Å². The van der Waals surface area contributed by atoms with E-state index >= 15 is 0 Å². The van der Waals surface area contributed by atoms with Gasteiger partial charge in [0.25, 0.3) is 0 Å². The van der Waals surface area contributed by atoms with E-state index in [2.05, 4.69) is 6.58 Å². The average molecular weight is 413 g/mol. The van der Waals surface area contributed by atoms with Crippen molar-refractivity contribution in [2.24, 2.45) is 17.8 Å². The van der Waals surface area contributed by atoms with Crippen LogP contribution >= 0.6 is 11.6 Å². The Kier molecular flexibility index (Phi) is 5.74. The van der Waals surface area contributed by atoms with Crippen molar-refractivity contribution in [1.29, 1.82) is 0 Å².